The SMILES string of the molecule is CC(C)(C)[Si](C)(C)OCC/C(Cl)=C/C(=O)/C=C/C1CCCCC1. The Balaban J connectivity index is 2.38. The predicted octanol–water partition coefficient (Wildman–Crippen LogP) is 6.23. The summed E-state index contributed by atoms with van der Waals surface area (Å²) in [5.74, 6) is 0.565. The van der Waals surface area contributed by atoms with Crippen LogP contribution >= 0.6 is 11.6 Å². The average Bonchev–Trinajstić information content (AvgIpc) is 2.45. The number of hydrogen-bond acceptors (Lipinski definition) is 2. The van der Waals surface area contributed by atoms with Crippen LogP contribution in [0.15, 0.2) is 23.3 Å². The molecule has 23 heavy (non-hydrogen) atoms. The van der Waals surface area contributed by atoms with Gasteiger partial charge in [0.05, 0.1) is 0 Å². The Morgan fingerprint density at radius 3 is 2.39 bits per heavy atom. The van der Waals surface area contributed by atoms with E-state index < -0.39 is 8.32 Å². The van der Waals surface area contributed by atoms with E-state index in [1.54, 1.807) is 6.08 Å². The van der Waals surface area contributed by atoms with Crippen molar-refractivity contribution in [1.29, 1.82) is 0 Å². The van der Waals surface area contributed by atoms with E-state index >= 15 is 0 Å². The second-order valence-corrected chi connectivity index (χ2v) is 13.4. The molecule has 1 aliphatic rings. The number of carbonyl (C=O) groups excluding carboxylic acids is 1. The van der Waals surface area contributed by atoms with Crippen LogP contribution in [0.25, 0.3) is 0 Å². The number of hydrogen-bond donors (Lipinski definition) is 0. The van der Waals surface area contributed by atoms with E-state index in [4.69, 9.17) is 16.0 Å². The number of rotatable bonds is 7. The Hall–Kier alpha value is -0.383. The minimum absolute atomic E-state index is 0.00657. The summed E-state index contributed by atoms with van der Waals surface area (Å²) in [5.41, 5.74) is 0. The van der Waals surface area contributed by atoms with Crippen LogP contribution in [0, 0.1) is 5.92 Å². The molecule has 0 N–H and O–H groups in total. The molecule has 0 aromatic heterocycles. The fourth-order valence-corrected chi connectivity index (χ4v) is 3.68. The molecule has 0 atom stereocenters. The smallest absolute Gasteiger partial charge is 0.191 e. The first-order valence-corrected chi connectivity index (χ1v) is 12.1. The molecule has 0 aromatic carbocycles. The van der Waals surface area contributed by atoms with Crippen LogP contribution in [0.5, 0.6) is 0 Å². The number of halogens is 1. The summed E-state index contributed by atoms with van der Waals surface area (Å²) < 4.78 is 6.09. The molecule has 0 saturated heterocycles. The highest BCUT2D eigenvalue weighted by Crippen LogP contribution is 2.36. The van der Waals surface area contributed by atoms with E-state index in [0.717, 1.165) is 0 Å². The molecule has 0 unspecified atom stereocenters. The zero-order chi connectivity index (χ0) is 17.5. The van der Waals surface area contributed by atoms with Crippen molar-refractivity contribution in [3.63, 3.8) is 0 Å². The molecule has 0 bridgehead atoms. The molecule has 0 heterocycles. The van der Waals surface area contributed by atoms with Crippen LogP contribution in [0.2, 0.25) is 18.1 Å². The van der Waals surface area contributed by atoms with Crippen molar-refractivity contribution in [3.05, 3.63) is 23.3 Å². The Kier molecular flexibility index (Phi) is 8.26. The van der Waals surface area contributed by atoms with Crippen LogP contribution in [0.1, 0.15) is 59.3 Å². The lowest BCUT2D eigenvalue weighted by molar-refractivity contribution is -0.110. The van der Waals surface area contributed by atoms with Gasteiger partial charge in [0, 0.05) is 24.1 Å². The lowest BCUT2D eigenvalue weighted by Crippen LogP contribution is -2.40. The summed E-state index contributed by atoms with van der Waals surface area (Å²) in [6.07, 6.45) is 12.2. The predicted molar refractivity (Wildman–Crippen MR) is 102 cm³/mol. The Morgan fingerprint density at radius 1 is 1.22 bits per heavy atom. The molecule has 2 nitrogen and oxygen atoms in total. The molecule has 4 heteroatoms. The van der Waals surface area contributed by atoms with E-state index in [0.29, 0.717) is 24.0 Å². The molecular formula is C19H33ClO2Si. The van der Waals surface area contributed by atoms with Gasteiger partial charge in [0.2, 0.25) is 0 Å². The second-order valence-electron chi connectivity index (χ2n) is 8.11. The van der Waals surface area contributed by atoms with Crippen molar-refractivity contribution in [2.45, 2.75) is 77.4 Å². The topological polar surface area (TPSA) is 26.3 Å². The summed E-state index contributed by atoms with van der Waals surface area (Å²) in [6.45, 7) is 11.7. The van der Waals surface area contributed by atoms with E-state index in [1.807, 2.05) is 0 Å². The third-order valence-electron chi connectivity index (χ3n) is 5.09. The van der Waals surface area contributed by atoms with E-state index in [2.05, 4.69) is 39.9 Å². The largest absolute Gasteiger partial charge is 0.416 e. The van der Waals surface area contributed by atoms with Crippen LogP contribution in [0.3, 0.4) is 0 Å². The number of ketones is 1. The van der Waals surface area contributed by atoms with Gasteiger partial charge in [-0.3, -0.25) is 4.79 Å². The van der Waals surface area contributed by atoms with E-state index in [-0.39, 0.29) is 10.8 Å². The minimum Gasteiger partial charge on any atom is -0.416 e. The summed E-state index contributed by atoms with van der Waals surface area (Å²) in [7, 11) is -1.73. The second kappa shape index (κ2) is 9.19. The van der Waals surface area contributed by atoms with Gasteiger partial charge in [-0.15, -0.1) is 0 Å². The van der Waals surface area contributed by atoms with Crippen molar-refractivity contribution in [2.24, 2.45) is 5.92 Å². The van der Waals surface area contributed by atoms with E-state index in [9.17, 15) is 4.79 Å². The molecule has 1 saturated carbocycles. The first-order chi connectivity index (χ1) is 10.6. The Bertz CT molecular complexity index is 441. The number of allylic oxidation sites excluding steroid dienone is 3. The monoisotopic (exact) mass is 356 g/mol. The molecule has 1 rings (SSSR count). The molecular weight excluding hydrogens is 324 g/mol. The van der Waals surface area contributed by atoms with Crippen molar-refractivity contribution in [1.82, 2.24) is 0 Å². The molecule has 0 radical (unpaired) electrons. The molecule has 1 aliphatic carbocycles. The van der Waals surface area contributed by atoms with Crippen LogP contribution < -0.4 is 0 Å². The van der Waals surface area contributed by atoms with Crippen molar-refractivity contribution >= 4 is 25.7 Å². The van der Waals surface area contributed by atoms with Gasteiger partial charge in [-0.05, 0) is 43.0 Å². The molecule has 1 fully saturated rings. The highest BCUT2D eigenvalue weighted by Gasteiger charge is 2.36. The lowest BCUT2D eigenvalue weighted by Gasteiger charge is -2.36. The van der Waals surface area contributed by atoms with Crippen LogP contribution in [-0.2, 0) is 9.22 Å². The van der Waals surface area contributed by atoms with Gasteiger partial charge >= 0.3 is 0 Å². The molecule has 0 aromatic rings. The molecule has 132 valence electrons. The summed E-state index contributed by atoms with van der Waals surface area (Å²) in [6, 6.07) is 0. The van der Waals surface area contributed by atoms with E-state index in [1.165, 1.54) is 38.2 Å². The zero-order valence-corrected chi connectivity index (χ0v) is 17.2. The summed E-state index contributed by atoms with van der Waals surface area (Å²) in [5, 5.41) is 0.781. The van der Waals surface area contributed by atoms with Gasteiger partial charge in [0.25, 0.3) is 0 Å². The first kappa shape index (κ1) is 20.7. The quantitative estimate of drug-likeness (QED) is 0.399. The number of carbonyl (C=O) groups is 1. The molecule has 0 amide bonds. The molecule has 0 spiro atoms. The molecule has 0 aliphatic heterocycles. The highest BCUT2D eigenvalue weighted by atomic mass is 35.5. The van der Waals surface area contributed by atoms with Gasteiger partial charge in [0.1, 0.15) is 0 Å². The highest BCUT2D eigenvalue weighted by molar-refractivity contribution is 6.74. The van der Waals surface area contributed by atoms with Gasteiger partial charge in [0.15, 0.2) is 14.1 Å². The average molecular weight is 357 g/mol. The van der Waals surface area contributed by atoms with Gasteiger partial charge in [-0.2, -0.15) is 0 Å². The Morgan fingerprint density at radius 2 is 1.83 bits per heavy atom. The van der Waals surface area contributed by atoms with Gasteiger partial charge < -0.3 is 4.43 Å². The van der Waals surface area contributed by atoms with Gasteiger partial charge in [-0.1, -0.05) is 57.7 Å². The van der Waals surface area contributed by atoms with Crippen molar-refractivity contribution in [2.75, 3.05) is 6.61 Å². The maximum Gasteiger partial charge on any atom is 0.191 e. The maximum absolute atomic E-state index is 11.9. The lowest BCUT2D eigenvalue weighted by atomic mass is 9.89. The minimum atomic E-state index is -1.73. The van der Waals surface area contributed by atoms with Crippen LogP contribution in [0.4, 0.5) is 0 Å². The summed E-state index contributed by atoms with van der Waals surface area (Å²) >= 11 is 6.18. The maximum atomic E-state index is 11.9. The third kappa shape index (κ3) is 7.82. The first-order valence-electron chi connectivity index (χ1n) is 8.84. The van der Waals surface area contributed by atoms with Crippen molar-refractivity contribution < 1.29 is 9.22 Å². The third-order valence-corrected chi connectivity index (χ3v) is 9.93. The van der Waals surface area contributed by atoms with Crippen molar-refractivity contribution in [3.8, 4) is 0 Å². The fraction of sp³-hybridized carbons (Fsp3) is 0.737. The standard InChI is InChI=1S/C19H33ClO2Si/c1-19(2,3)23(4,5)22-14-13-17(20)15-18(21)12-11-16-9-7-6-8-10-16/h11-12,15-16H,6-10,13-14H2,1-5H3/b12-11+,17-15-. The fourth-order valence-electron chi connectivity index (χ4n) is 2.45. The Labute approximate surface area is 148 Å². The van der Waals surface area contributed by atoms with Gasteiger partial charge in [-0.25, -0.2) is 0 Å². The normalized spacial score (nSPS) is 18.6. The zero-order valence-electron chi connectivity index (χ0n) is 15.5. The van der Waals surface area contributed by atoms with Crippen LogP contribution in [-0.4, -0.2) is 20.7 Å². The summed E-state index contributed by atoms with van der Waals surface area (Å²) in [4.78, 5) is 11.9.